The van der Waals surface area contributed by atoms with Crippen molar-refractivity contribution in [2.75, 3.05) is 0 Å². The molecule has 0 aliphatic heterocycles. The topological polar surface area (TPSA) is 144 Å². The van der Waals surface area contributed by atoms with Gasteiger partial charge in [0.25, 0.3) is 11.4 Å². The van der Waals surface area contributed by atoms with Crippen LogP contribution in [0.2, 0.25) is 0 Å². The molecule has 0 atom stereocenters. The van der Waals surface area contributed by atoms with Crippen LogP contribution in [0, 0.1) is 20.2 Å². The predicted molar refractivity (Wildman–Crippen MR) is 84.7 cm³/mol. The molecule has 9 nitrogen and oxygen atoms in total. The highest BCUT2D eigenvalue weighted by atomic mass is 31.2. The number of nitro benzene ring substituents is 2. The SMILES string of the molecule is CC(c1ccc([N+](=O)[O-])cc1)(c1ccc([N+](=O)[O-])cc1)P(=O)(O)O. The van der Waals surface area contributed by atoms with E-state index in [9.17, 15) is 34.6 Å². The summed E-state index contributed by atoms with van der Waals surface area (Å²) in [6, 6.07) is 9.64. The molecular formula is C14H13N2O7P. The van der Waals surface area contributed by atoms with Gasteiger partial charge in [0.2, 0.25) is 0 Å². The smallest absolute Gasteiger partial charge is 0.324 e. The van der Waals surface area contributed by atoms with Gasteiger partial charge in [-0.05, 0) is 18.1 Å². The zero-order chi connectivity index (χ0) is 18.1. The van der Waals surface area contributed by atoms with E-state index in [1.807, 2.05) is 0 Å². The van der Waals surface area contributed by atoms with E-state index in [1.165, 1.54) is 31.2 Å². The normalized spacial score (nSPS) is 12.0. The van der Waals surface area contributed by atoms with Crippen molar-refractivity contribution in [1.82, 2.24) is 0 Å². The molecule has 0 bridgehead atoms. The highest BCUT2D eigenvalue weighted by Gasteiger charge is 2.45. The molecule has 2 aromatic carbocycles. The number of hydrogen-bond acceptors (Lipinski definition) is 5. The molecule has 2 rings (SSSR count). The van der Waals surface area contributed by atoms with Crippen LogP contribution >= 0.6 is 7.60 Å². The van der Waals surface area contributed by atoms with Crippen LogP contribution in [0.4, 0.5) is 11.4 Å². The Morgan fingerprint density at radius 2 is 1.12 bits per heavy atom. The van der Waals surface area contributed by atoms with E-state index in [0.29, 0.717) is 0 Å². The molecule has 2 N–H and O–H groups in total. The van der Waals surface area contributed by atoms with Crippen molar-refractivity contribution in [1.29, 1.82) is 0 Å². The molecule has 0 aromatic heterocycles. The van der Waals surface area contributed by atoms with Gasteiger partial charge in [0, 0.05) is 24.3 Å². The van der Waals surface area contributed by atoms with E-state index in [4.69, 9.17) is 0 Å². The Balaban J connectivity index is 2.60. The summed E-state index contributed by atoms with van der Waals surface area (Å²) < 4.78 is 12.1. The van der Waals surface area contributed by atoms with Crippen LogP contribution in [-0.2, 0) is 9.72 Å². The number of rotatable bonds is 5. The van der Waals surface area contributed by atoms with Crippen LogP contribution in [0.5, 0.6) is 0 Å². The first kappa shape index (κ1) is 17.7. The second-order valence-corrected chi connectivity index (χ2v) is 7.21. The van der Waals surface area contributed by atoms with Crippen molar-refractivity contribution in [2.45, 2.75) is 12.1 Å². The molecule has 0 radical (unpaired) electrons. The summed E-state index contributed by atoms with van der Waals surface area (Å²) in [5.74, 6) is 0. The molecule has 2 aromatic rings. The molecule has 0 heterocycles. The fraction of sp³-hybridized carbons (Fsp3) is 0.143. The Morgan fingerprint density at radius 3 is 1.33 bits per heavy atom. The van der Waals surface area contributed by atoms with Gasteiger partial charge in [-0.15, -0.1) is 0 Å². The predicted octanol–water partition coefficient (Wildman–Crippen LogP) is 2.94. The Hall–Kier alpha value is -2.61. The number of hydrogen-bond donors (Lipinski definition) is 2. The minimum Gasteiger partial charge on any atom is -0.324 e. The van der Waals surface area contributed by atoms with E-state index in [-0.39, 0.29) is 22.5 Å². The molecule has 0 aliphatic rings. The van der Waals surface area contributed by atoms with Gasteiger partial charge >= 0.3 is 7.60 Å². The van der Waals surface area contributed by atoms with Gasteiger partial charge in [-0.2, -0.15) is 0 Å². The lowest BCUT2D eigenvalue weighted by Crippen LogP contribution is -2.23. The fourth-order valence-corrected chi connectivity index (χ4v) is 3.29. The zero-order valence-electron chi connectivity index (χ0n) is 12.4. The standard InChI is InChI=1S/C14H13N2O7P/c1-14(24(21,22)23,10-2-6-12(7-3-10)15(17)18)11-4-8-13(9-5-11)16(19)20/h2-9H,1H3,(H2,21,22,23). The lowest BCUT2D eigenvalue weighted by Gasteiger charge is -2.31. The molecule has 0 saturated heterocycles. The maximum absolute atomic E-state index is 12.1. The first-order chi connectivity index (χ1) is 11.1. The van der Waals surface area contributed by atoms with Crippen molar-refractivity contribution in [3.63, 3.8) is 0 Å². The van der Waals surface area contributed by atoms with Crippen molar-refractivity contribution in [2.24, 2.45) is 0 Å². The number of non-ortho nitro benzene ring substituents is 2. The molecule has 24 heavy (non-hydrogen) atoms. The summed E-state index contributed by atoms with van der Waals surface area (Å²) in [6.45, 7) is 1.29. The van der Waals surface area contributed by atoms with Crippen LogP contribution in [0.25, 0.3) is 0 Å². The molecule has 0 amide bonds. The van der Waals surface area contributed by atoms with E-state index in [2.05, 4.69) is 0 Å². The Bertz CT molecular complexity index is 770. The van der Waals surface area contributed by atoms with Gasteiger partial charge in [-0.25, -0.2) is 0 Å². The molecular weight excluding hydrogens is 339 g/mol. The minimum atomic E-state index is -4.75. The van der Waals surface area contributed by atoms with Crippen LogP contribution in [0.1, 0.15) is 18.1 Å². The van der Waals surface area contributed by atoms with Gasteiger partial charge in [-0.1, -0.05) is 24.3 Å². The number of nitrogens with zero attached hydrogens (tertiary/aromatic N) is 2. The number of nitro groups is 2. The second-order valence-electron chi connectivity index (χ2n) is 5.22. The quantitative estimate of drug-likeness (QED) is 0.478. The van der Waals surface area contributed by atoms with Gasteiger partial charge in [0.1, 0.15) is 5.16 Å². The van der Waals surface area contributed by atoms with Gasteiger partial charge in [0.05, 0.1) is 9.85 Å². The van der Waals surface area contributed by atoms with Gasteiger partial charge in [0.15, 0.2) is 0 Å². The highest BCUT2D eigenvalue weighted by Crippen LogP contribution is 2.60. The highest BCUT2D eigenvalue weighted by molar-refractivity contribution is 7.53. The van der Waals surface area contributed by atoms with Crippen molar-refractivity contribution >= 4 is 19.0 Å². The largest absolute Gasteiger partial charge is 0.340 e. The van der Waals surface area contributed by atoms with Gasteiger partial charge < -0.3 is 9.79 Å². The third kappa shape index (κ3) is 3.05. The Morgan fingerprint density at radius 1 is 0.833 bits per heavy atom. The Kier molecular flexibility index (Phi) is 4.52. The molecule has 0 fully saturated rings. The first-order valence-corrected chi connectivity index (χ1v) is 8.24. The third-order valence-corrected chi connectivity index (χ3v) is 5.54. The van der Waals surface area contributed by atoms with E-state index >= 15 is 0 Å². The molecule has 126 valence electrons. The first-order valence-electron chi connectivity index (χ1n) is 6.63. The molecule has 0 spiro atoms. The third-order valence-electron chi connectivity index (χ3n) is 3.86. The van der Waals surface area contributed by atoms with E-state index in [0.717, 1.165) is 24.3 Å². The van der Waals surface area contributed by atoms with Crippen molar-refractivity contribution < 1.29 is 24.2 Å². The summed E-state index contributed by atoms with van der Waals surface area (Å²) in [7, 11) is -4.75. The van der Waals surface area contributed by atoms with Crippen molar-refractivity contribution in [3.05, 3.63) is 79.9 Å². The van der Waals surface area contributed by atoms with Crippen LogP contribution in [0.3, 0.4) is 0 Å². The monoisotopic (exact) mass is 352 g/mol. The number of benzene rings is 2. The summed E-state index contributed by atoms with van der Waals surface area (Å²) in [6.07, 6.45) is 0. The lowest BCUT2D eigenvalue weighted by atomic mass is 9.91. The Labute approximate surface area is 136 Å². The van der Waals surface area contributed by atoms with E-state index in [1.54, 1.807) is 0 Å². The summed E-state index contributed by atoms with van der Waals surface area (Å²) >= 11 is 0. The maximum atomic E-state index is 12.1. The summed E-state index contributed by atoms with van der Waals surface area (Å²) in [5.41, 5.74) is -0.100. The summed E-state index contributed by atoms with van der Waals surface area (Å²) in [5, 5.41) is 19.6. The average Bonchev–Trinajstić information content (AvgIpc) is 2.53. The second kappa shape index (κ2) is 6.12. The van der Waals surface area contributed by atoms with Crippen LogP contribution in [0.15, 0.2) is 48.5 Å². The van der Waals surface area contributed by atoms with Crippen LogP contribution in [-0.4, -0.2) is 19.6 Å². The molecule has 10 heteroatoms. The molecule has 0 aliphatic carbocycles. The van der Waals surface area contributed by atoms with Gasteiger partial charge in [-0.3, -0.25) is 24.8 Å². The minimum absolute atomic E-state index is 0.162. The summed E-state index contributed by atoms with van der Waals surface area (Å²) in [4.78, 5) is 39.9. The van der Waals surface area contributed by atoms with Crippen LogP contribution < -0.4 is 0 Å². The maximum Gasteiger partial charge on any atom is 0.340 e. The average molecular weight is 352 g/mol. The molecule has 0 saturated carbocycles. The molecule has 0 unspecified atom stereocenters. The van der Waals surface area contributed by atoms with Crippen molar-refractivity contribution in [3.8, 4) is 0 Å². The lowest BCUT2D eigenvalue weighted by molar-refractivity contribution is -0.385. The fourth-order valence-electron chi connectivity index (χ4n) is 2.32. The van der Waals surface area contributed by atoms with E-state index < -0.39 is 22.6 Å². The zero-order valence-corrected chi connectivity index (χ0v) is 13.3.